The molecule has 2 aromatic carbocycles. The summed E-state index contributed by atoms with van der Waals surface area (Å²) in [5.74, 6) is 0.536. The highest BCUT2D eigenvalue weighted by atomic mass is 32.2. The molecule has 0 aromatic heterocycles. The van der Waals surface area contributed by atoms with Gasteiger partial charge in [0.2, 0.25) is 10.0 Å². The summed E-state index contributed by atoms with van der Waals surface area (Å²) >= 11 is 0. The maximum atomic E-state index is 12.5. The predicted molar refractivity (Wildman–Crippen MR) is 101 cm³/mol. The standard InChI is InChI=1S/C20H21NO4S/c1-25-18-6-4-5-16(15-18)7-12-20(22)17-8-10-19(11-9-17)26(23,24)21-13-2-3-14-21/h4-12,15H,2-3,13-14H2,1H3. The van der Waals surface area contributed by atoms with E-state index in [-0.39, 0.29) is 10.7 Å². The zero-order valence-electron chi connectivity index (χ0n) is 14.6. The molecule has 0 aliphatic carbocycles. The fraction of sp³-hybridized carbons (Fsp3) is 0.250. The van der Waals surface area contributed by atoms with Crippen molar-refractivity contribution in [1.29, 1.82) is 0 Å². The van der Waals surface area contributed by atoms with Gasteiger partial charge in [0, 0.05) is 18.7 Å². The zero-order valence-corrected chi connectivity index (χ0v) is 15.4. The third-order valence-electron chi connectivity index (χ3n) is 4.36. The van der Waals surface area contributed by atoms with E-state index in [2.05, 4.69) is 0 Å². The van der Waals surface area contributed by atoms with Crippen LogP contribution in [0.15, 0.2) is 59.5 Å². The van der Waals surface area contributed by atoms with E-state index in [4.69, 9.17) is 4.74 Å². The molecule has 3 rings (SSSR count). The number of sulfonamides is 1. The Morgan fingerprint density at radius 3 is 2.42 bits per heavy atom. The molecule has 1 aliphatic heterocycles. The summed E-state index contributed by atoms with van der Waals surface area (Å²) in [6, 6.07) is 13.5. The SMILES string of the molecule is COc1cccc(C=CC(=O)c2ccc(S(=O)(=O)N3CCCC3)cc2)c1. The second-order valence-corrected chi connectivity index (χ2v) is 8.05. The highest BCUT2D eigenvalue weighted by Crippen LogP contribution is 2.21. The average molecular weight is 371 g/mol. The third-order valence-corrected chi connectivity index (χ3v) is 6.28. The maximum absolute atomic E-state index is 12.5. The summed E-state index contributed by atoms with van der Waals surface area (Å²) in [7, 11) is -1.86. The average Bonchev–Trinajstić information content (AvgIpc) is 3.22. The van der Waals surface area contributed by atoms with E-state index in [9.17, 15) is 13.2 Å². The van der Waals surface area contributed by atoms with E-state index in [1.54, 1.807) is 25.3 Å². The number of ether oxygens (including phenoxy) is 1. The lowest BCUT2D eigenvalue weighted by atomic mass is 10.1. The molecular weight excluding hydrogens is 350 g/mol. The normalized spacial score (nSPS) is 15.4. The lowest BCUT2D eigenvalue weighted by Gasteiger charge is -2.15. The molecule has 0 radical (unpaired) electrons. The van der Waals surface area contributed by atoms with E-state index in [0.29, 0.717) is 18.7 Å². The van der Waals surface area contributed by atoms with Crippen molar-refractivity contribution in [3.05, 3.63) is 65.7 Å². The number of benzene rings is 2. The molecule has 26 heavy (non-hydrogen) atoms. The Morgan fingerprint density at radius 1 is 1.08 bits per heavy atom. The summed E-state index contributed by atoms with van der Waals surface area (Å²) in [5, 5.41) is 0. The van der Waals surface area contributed by atoms with Gasteiger partial charge in [-0.15, -0.1) is 0 Å². The molecule has 136 valence electrons. The Morgan fingerprint density at radius 2 is 1.77 bits per heavy atom. The molecule has 0 bridgehead atoms. The van der Waals surface area contributed by atoms with Crippen LogP contribution in [-0.4, -0.2) is 38.7 Å². The van der Waals surface area contributed by atoms with Gasteiger partial charge in [-0.3, -0.25) is 4.79 Å². The first-order valence-corrected chi connectivity index (χ1v) is 9.91. The minimum atomic E-state index is -3.45. The monoisotopic (exact) mass is 371 g/mol. The molecule has 6 heteroatoms. The van der Waals surface area contributed by atoms with Crippen LogP contribution in [0.4, 0.5) is 0 Å². The van der Waals surface area contributed by atoms with E-state index in [1.165, 1.54) is 22.5 Å². The van der Waals surface area contributed by atoms with Crippen LogP contribution in [0.25, 0.3) is 6.08 Å². The predicted octanol–water partition coefficient (Wildman–Crippen LogP) is 3.38. The molecule has 0 atom stereocenters. The van der Waals surface area contributed by atoms with E-state index in [1.807, 2.05) is 24.3 Å². The molecule has 0 spiro atoms. The van der Waals surface area contributed by atoms with Crippen molar-refractivity contribution in [3.8, 4) is 5.75 Å². The maximum Gasteiger partial charge on any atom is 0.243 e. The molecule has 1 heterocycles. The molecular formula is C20H21NO4S. The van der Waals surface area contributed by atoms with Crippen LogP contribution in [0, 0.1) is 0 Å². The highest BCUT2D eigenvalue weighted by Gasteiger charge is 2.26. The largest absolute Gasteiger partial charge is 0.497 e. The molecule has 0 unspecified atom stereocenters. The van der Waals surface area contributed by atoms with Crippen molar-refractivity contribution < 1.29 is 17.9 Å². The second kappa shape index (κ2) is 7.85. The Balaban J connectivity index is 1.73. The number of allylic oxidation sites excluding steroid dienone is 1. The zero-order chi connectivity index (χ0) is 18.6. The summed E-state index contributed by atoms with van der Waals surface area (Å²) in [6.07, 6.45) is 4.97. The van der Waals surface area contributed by atoms with Crippen LogP contribution in [0.5, 0.6) is 5.75 Å². The fourth-order valence-electron chi connectivity index (χ4n) is 2.88. The minimum Gasteiger partial charge on any atom is -0.497 e. The number of carbonyl (C=O) groups is 1. The number of carbonyl (C=O) groups excluding carboxylic acids is 1. The number of hydrogen-bond acceptors (Lipinski definition) is 4. The fourth-order valence-corrected chi connectivity index (χ4v) is 4.40. The van der Waals surface area contributed by atoms with Gasteiger partial charge in [-0.25, -0.2) is 8.42 Å². The van der Waals surface area contributed by atoms with Gasteiger partial charge in [-0.2, -0.15) is 4.31 Å². The first kappa shape index (κ1) is 18.4. The number of rotatable bonds is 6. The minimum absolute atomic E-state index is 0.182. The first-order chi connectivity index (χ1) is 12.5. The van der Waals surface area contributed by atoms with Gasteiger partial charge in [-0.05, 0) is 60.9 Å². The Kier molecular flexibility index (Phi) is 5.54. The molecule has 0 saturated carbocycles. The van der Waals surface area contributed by atoms with Crippen LogP contribution in [-0.2, 0) is 10.0 Å². The van der Waals surface area contributed by atoms with Gasteiger partial charge in [0.25, 0.3) is 0 Å². The molecule has 2 aromatic rings. The van der Waals surface area contributed by atoms with Crippen molar-refractivity contribution in [2.45, 2.75) is 17.7 Å². The summed E-state index contributed by atoms with van der Waals surface area (Å²) in [5.41, 5.74) is 1.30. The van der Waals surface area contributed by atoms with Crippen molar-refractivity contribution in [3.63, 3.8) is 0 Å². The Hall–Kier alpha value is -2.44. The third kappa shape index (κ3) is 4.03. The van der Waals surface area contributed by atoms with Crippen LogP contribution in [0.3, 0.4) is 0 Å². The van der Waals surface area contributed by atoms with Crippen molar-refractivity contribution in [2.24, 2.45) is 0 Å². The number of methoxy groups -OCH3 is 1. The topological polar surface area (TPSA) is 63.7 Å². The number of nitrogens with zero attached hydrogens (tertiary/aromatic N) is 1. The molecule has 5 nitrogen and oxygen atoms in total. The summed E-state index contributed by atoms with van der Waals surface area (Å²) in [4.78, 5) is 12.5. The summed E-state index contributed by atoms with van der Waals surface area (Å²) in [6.45, 7) is 1.12. The Bertz CT molecular complexity index is 911. The van der Waals surface area contributed by atoms with Crippen LogP contribution in [0.1, 0.15) is 28.8 Å². The molecule has 1 saturated heterocycles. The highest BCUT2D eigenvalue weighted by molar-refractivity contribution is 7.89. The Labute approximate surface area is 154 Å². The van der Waals surface area contributed by atoms with Crippen LogP contribution in [0.2, 0.25) is 0 Å². The van der Waals surface area contributed by atoms with E-state index in [0.717, 1.165) is 24.2 Å². The van der Waals surface area contributed by atoms with E-state index < -0.39 is 10.0 Å². The molecule has 0 amide bonds. The lowest BCUT2D eigenvalue weighted by molar-refractivity contribution is 0.104. The van der Waals surface area contributed by atoms with Gasteiger partial charge in [0.1, 0.15) is 5.75 Å². The first-order valence-electron chi connectivity index (χ1n) is 8.47. The van der Waals surface area contributed by atoms with Crippen molar-refractivity contribution in [2.75, 3.05) is 20.2 Å². The number of hydrogen-bond donors (Lipinski definition) is 0. The van der Waals surface area contributed by atoms with Crippen molar-refractivity contribution in [1.82, 2.24) is 4.31 Å². The number of ketones is 1. The van der Waals surface area contributed by atoms with Crippen LogP contribution >= 0.6 is 0 Å². The van der Waals surface area contributed by atoms with Gasteiger partial charge in [0.15, 0.2) is 5.78 Å². The van der Waals surface area contributed by atoms with Gasteiger partial charge < -0.3 is 4.74 Å². The van der Waals surface area contributed by atoms with E-state index >= 15 is 0 Å². The molecule has 1 aliphatic rings. The molecule has 0 N–H and O–H groups in total. The van der Waals surface area contributed by atoms with Gasteiger partial charge in [-0.1, -0.05) is 18.2 Å². The van der Waals surface area contributed by atoms with Crippen LogP contribution < -0.4 is 4.74 Å². The molecule has 1 fully saturated rings. The summed E-state index contributed by atoms with van der Waals surface area (Å²) < 4.78 is 31.7. The van der Waals surface area contributed by atoms with Gasteiger partial charge in [0.05, 0.1) is 12.0 Å². The van der Waals surface area contributed by atoms with Crippen molar-refractivity contribution >= 4 is 21.9 Å². The van der Waals surface area contributed by atoms with Gasteiger partial charge >= 0.3 is 0 Å². The second-order valence-electron chi connectivity index (χ2n) is 6.11. The lowest BCUT2D eigenvalue weighted by Crippen LogP contribution is -2.27. The smallest absolute Gasteiger partial charge is 0.243 e. The quantitative estimate of drug-likeness (QED) is 0.577.